The summed E-state index contributed by atoms with van der Waals surface area (Å²) in [6, 6.07) is 7.01. The molecule has 0 bridgehead atoms. The number of carbonyl (C=O) groups is 1. The zero-order valence-corrected chi connectivity index (χ0v) is 13.0. The van der Waals surface area contributed by atoms with Crippen molar-refractivity contribution in [1.82, 2.24) is 15.3 Å². The van der Waals surface area contributed by atoms with Crippen molar-refractivity contribution in [3.8, 4) is 17.2 Å². The molecular weight excluding hydrogens is 310 g/mol. The number of hydrogen-bond acceptors (Lipinski definition) is 6. The van der Waals surface area contributed by atoms with Crippen molar-refractivity contribution >= 4 is 5.91 Å². The van der Waals surface area contributed by atoms with Crippen LogP contribution in [0.3, 0.4) is 0 Å². The zero-order chi connectivity index (χ0) is 16.4. The summed E-state index contributed by atoms with van der Waals surface area (Å²) in [5.74, 6) is 3.03. The first-order chi connectivity index (χ1) is 11.8. The van der Waals surface area contributed by atoms with Gasteiger partial charge in [0.05, 0.1) is 6.54 Å². The highest BCUT2D eigenvalue weighted by molar-refractivity contribution is 5.92. The van der Waals surface area contributed by atoms with Gasteiger partial charge in [-0.05, 0) is 31.0 Å². The molecule has 0 spiro atoms. The third-order valence-corrected chi connectivity index (χ3v) is 3.85. The van der Waals surface area contributed by atoms with Gasteiger partial charge in [0.25, 0.3) is 5.91 Å². The number of nitrogens with one attached hydrogen (secondary N) is 1. The van der Waals surface area contributed by atoms with Gasteiger partial charge < -0.3 is 19.5 Å². The van der Waals surface area contributed by atoms with Gasteiger partial charge in [-0.15, -0.1) is 0 Å². The van der Waals surface area contributed by atoms with Crippen molar-refractivity contribution < 1.29 is 19.0 Å². The van der Waals surface area contributed by atoms with E-state index in [1.54, 1.807) is 24.4 Å². The number of benzene rings is 1. The van der Waals surface area contributed by atoms with E-state index < -0.39 is 0 Å². The van der Waals surface area contributed by atoms with Crippen molar-refractivity contribution in [2.45, 2.75) is 18.8 Å². The number of rotatable bonds is 6. The lowest BCUT2D eigenvalue weighted by Gasteiger charge is -2.08. The SMILES string of the molecule is O=C(NCCOc1ccc2c(c1)OCO2)c1ccnc(C2CC2)n1. The molecule has 1 aliphatic carbocycles. The van der Waals surface area contributed by atoms with Crippen LogP contribution in [-0.4, -0.2) is 35.8 Å². The molecule has 2 aromatic rings. The second-order valence-electron chi connectivity index (χ2n) is 5.69. The Labute approximate surface area is 139 Å². The fourth-order valence-electron chi connectivity index (χ4n) is 2.43. The van der Waals surface area contributed by atoms with E-state index in [0.717, 1.165) is 18.7 Å². The lowest BCUT2D eigenvalue weighted by atomic mass is 10.3. The molecule has 2 heterocycles. The molecule has 0 unspecified atom stereocenters. The lowest BCUT2D eigenvalue weighted by Crippen LogP contribution is -2.29. The van der Waals surface area contributed by atoms with Crippen molar-refractivity contribution in [1.29, 1.82) is 0 Å². The summed E-state index contributed by atoms with van der Waals surface area (Å²) in [5.41, 5.74) is 0.398. The topological polar surface area (TPSA) is 82.6 Å². The zero-order valence-electron chi connectivity index (χ0n) is 13.0. The summed E-state index contributed by atoms with van der Waals surface area (Å²) in [6.45, 7) is 0.971. The van der Waals surface area contributed by atoms with Crippen LogP contribution in [-0.2, 0) is 0 Å². The second kappa shape index (κ2) is 6.35. The Kier molecular flexibility index (Phi) is 3.90. The number of carbonyl (C=O) groups excluding carboxylic acids is 1. The molecule has 2 aliphatic rings. The van der Waals surface area contributed by atoms with Crippen molar-refractivity contribution in [3.63, 3.8) is 0 Å². The first-order valence-corrected chi connectivity index (χ1v) is 7.93. The first-order valence-electron chi connectivity index (χ1n) is 7.93. The Morgan fingerprint density at radius 3 is 3.00 bits per heavy atom. The van der Waals surface area contributed by atoms with Crippen LogP contribution in [0.5, 0.6) is 17.2 Å². The summed E-state index contributed by atoms with van der Waals surface area (Å²) in [5, 5.41) is 2.80. The Morgan fingerprint density at radius 1 is 1.25 bits per heavy atom. The summed E-state index contributed by atoms with van der Waals surface area (Å²) in [4.78, 5) is 20.6. The largest absolute Gasteiger partial charge is 0.492 e. The highest BCUT2D eigenvalue weighted by Gasteiger charge is 2.27. The number of amides is 1. The van der Waals surface area contributed by atoms with Crippen LogP contribution in [0, 0.1) is 0 Å². The average molecular weight is 327 g/mol. The number of hydrogen-bond donors (Lipinski definition) is 1. The van der Waals surface area contributed by atoms with Crippen molar-refractivity contribution in [2.75, 3.05) is 19.9 Å². The summed E-state index contributed by atoms with van der Waals surface area (Å²) in [6.07, 6.45) is 3.85. The molecular formula is C17H17N3O4. The van der Waals surface area contributed by atoms with E-state index in [2.05, 4.69) is 15.3 Å². The number of fused-ring (bicyclic) bond motifs is 1. The minimum absolute atomic E-state index is 0.214. The molecule has 0 atom stereocenters. The third-order valence-electron chi connectivity index (χ3n) is 3.85. The van der Waals surface area contributed by atoms with E-state index >= 15 is 0 Å². The Hall–Kier alpha value is -2.83. The fraction of sp³-hybridized carbons (Fsp3) is 0.353. The normalized spacial score (nSPS) is 15.2. The Balaban J connectivity index is 1.26. The highest BCUT2D eigenvalue weighted by Crippen LogP contribution is 2.37. The highest BCUT2D eigenvalue weighted by atomic mass is 16.7. The molecule has 1 aromatic heterocycles. The maximum Gasteiger partial charge on any atom is 0.270 e. The molecule has 7 nitrogen and oxygen atoms in total. The van der Waals surface area contributed by atoms with E-state index in [0.29, 0.717) is 42.0 Å². The molecule has 124 valence electrons. The molecule has 7 heteroatoms. The number of aromatic nitrogens is 2. The van der Waals surface area contributed by atoms with Crippen LogP contribution in [0.15, 0.2) is 30.5 Å². The van der Waals surface area contributed by atoms with Crippen LogP contribution < -0.4 is 19.5 Å². The van der Waals surface area contributed by atoms with Gasteiger partial charge >= 0.3 is 0 Å². The summed E-state index contributed by atoms with van der Waals surface area (Å²) >= 11 is 0. The number of nitrogens with zero attached hydrogens (tertiary/aromatic N) is 2. The molecule has 1 aliphatic heterocycles. The lowest BCUT2D eigenvalue weighted by molar-refractivity contribution is 0.0941. The summed E-state index contributed by atoms with van der Waals surface area (Å²) in [7, 11) is 0. The average Bonchev–Trinajstić information content (AvgIpc) is 3.36. The van der Waals surface area contributed by atoms with Crippen LogP contribution in [0.1, 0.15) is 35.1 Å². The minimum Gasteiger partial charge on any atom is -0.492 e. The van der Waals surface area contributed by atoms with Gasteiger partial charge in [0.1, 0.15) is 23.9 Å². The quantitative estimate of drug-likeness (QED) is 0.816. The van der Waals surface area contributed by atoms with Gasteiger partial charge in [-0.1, -0.05) is 0 Å². The predicted octanol–water partition coefficient (Wildman–Crippen LogP) is 1.89. The molecule has 1 amide bonds. The van der Waals surface area contributed by atoms with E-state index in [1.165, 1.54) is 0 Å². The monoisotopic (exact) mass is 327 g/mol. The Morgan fingerprint density at radius 2 is 2.12 bits per heavy atom. The van der Waals surface area contributed by atoms with Crippen molar-refractivity contribution in [2.24, 2.45) is 0 Å². The molecule has 1 fully saturated rings. The molecule has 24 heavy (non-hydrogen) atoms. The van der Waals surface area contributed by atoms with E-state index in [9.17, 15) is 4.79 Å². The van der Waals surface area contributed by atoms with Crippen molar-refractivity contribution in [3.05, 3.63) is 42.0 Å². The maximum absolute atomic E-state index is 12.1. The second-order valence-corrected chi connectivity index (χ2v) is 5.69. The molecule has 1 N–H and O–H groups in total. The first kappa shape index (κ1) is 14.7. The molecule has 0 saturated heterocycles. The van der Waals surface area contributed by atoms with Crippen LogP contribution in [0.25, 0.3) is 0 Å². The van der Waals surface area contributed by atoms with Gasteiger partial charge in [-0.3, -0.25) is 4.79 Å². The van der Waals surface area contributed by atoms with Gasteiger partial charge in [0.15, 0.2) is 11.5 Å². The van der Waals surface area contributed by atoms with E-state index in [-0.39, 0.29) is 12.7 Å². The molecule has 1 saturated carbocycles. The standard InChI is InChI=1S/C17H17N3O4/c21-17(13-5-6-18-16(20-13)11-1-2-11)19-7-8-22-12-3-4-14-15(9-12)24-10-23-14/h3-6,9,11H,1-2,7-8,10H2,(H,19,21). The van der Waals surface area contributed by atoms with Crippen LogP contribution in [0.2, 0.25) is 0 Å². The Bertz CT molecular complexity index is 761. The van der Waals surface area contributed by atoms with E-state index in [4.69, 9.17) is 14.2 Å². The van der Waals surface area contributed by atoms with E-state index in [1.807, 2.05) is 6.07 Å². The third kappa shape index (κ3) is 3.24. The maximum atomic E-state index is 12.1. The molecule has 1 aromatic carbocycles. The van der Waals surface area contributed by atoms with Gasteiger partial charge in [-0.2, -0.15) is 0 Å². The molecule has 4 rings (SSSR count). The van der Waals surface area contributed by atoms with Gasteiger partial charge in [0, 0.05) is 18.2 Å². The minimum atomic E-state index is -0.214. The summed E-state index contributed by atoms with van der Waals surface area (Å²) < 4.78 is 16.1. The van der Waals surface area contributed by atoms with Gasteiger partial charge in [-0.25, -0.2) is 9.97 Å². The molecule has 0 radical (unpaired) electrons. The smallest absolute Gasteiger partial charge is 0.270 e. The number of ether oxygens (including phenoxy) is 3. The van der Waals surface area contributed by atoms with Crippen LogP contribution in [0.4, 0.5) is 0 Å². The van der Waals surface area contributed by atoms with Gasteiger partial charge in [0.2, 0.25) is 6.79 Å². The fourth-order valence-corrected chi connectivity index (χ4v) is 2.43. The van der Waals surface area contributed by atoms with Crippen LogP contribution >= 0.6 is 0 Å². The predicted molar refractivity (Wildman–Crippen MR) is 84.4 cm³/mol.